The monoisotopic (exact) mass is 276 g/mol. The van der Waals surface area contributed by atoms with Gasteiger partial charge in [0, 0.05) is 25.7 Å². The average Bonchev–Trinajstić information content (AvgIpc) is 2.33. The number of alkyl halides is 3. The second-order valence-electron chi connectivity index (χ2n) is 4.56. The van der Waals surface area contributed by atoms with Crippen molar-refractivity contribution in [3.63, 3.8) is 0 Å². The van der Waals surface area contributed by atoms with Gasteiger partial charge in [-0.3, -0.25) is 0 Å². The van der Waals surface area contributed by atoms with Gasteiger partial charge in [-0.25, -0.2) is 4.98 Å². The average molecular weight is 276 g/mol. The van der Waals surface area contributed by atoms with E-state index in [1.54, 1.807) is 11.9 Å². The van der Waals surface area contributed by atoms with Crippen molar-refractivity contribution >= 4 is 11.8 Å². The molecule has 0 aromatic carbocycles. The van der Waals surface area contributed by atoms with Gasteiger partial charge < -0.3 is 10.2 Å². The lowest BCUT2D eigenvalue weighted by atomic mass is 10.3. The van der Waals surface area contributed by atoms with Crippen LogP contribution in [0.5, 0.6) is 0 Å². The van der Waals surface area contributed by atoms with Gasteiger partial charge in [-0.2, -0.15) is 18.2 Å². The number of hydrogen-bond donors (Lipinski definition) is 1. The van der Waals surface area contributed by atoms with E-state index in [4.69, 9.17) is 0 Å². The van der Waals surface area contributed by atoms with Gasteiger partial charge in [0.15, 0.2) is 5.69 Å². The zero-order chi connectivity index (χ0) is 14.6. The third-order valence-electron chi connectivity index (χ3n) is 2.67. The van der Waals surface area contributed by atoms with E-state index >= 15 is 0 Å². The molecule has 0 atom stereocenters. The summed E-state index contributed by atoms with van der Waals surface area (Å²) in [5.74, 6) is 0.273. The van der Waals surface area contributed by atoms with Crippen molar-refractivity contribution in [3.05, 3.63) is 11.8 Å². The van der Waals surface area contributed by atoms with Gasteiger partial charge in [0.25, 0.3) is 0 Å². The van der Waals surface area contributed by atoms with Crippen LogP contribution in [0.3, 0.4) is 0 Å². The van der Waals surface area contributed by atoms with Gasteiger partial charge in [-0.1, -0.05) is 6.92 Å². The predicted molar refractivity (Wildman–Crippen MR) is 69.4 cm³/mol. The smallest absolute Gasteiger partial charge is 0.357 e. The number of nitrogens with zero attached hydrogens (tertiary/aromatic N) is 3. The molecule has 0 amide bonds. The molecular formula is C12H19F3N4. The number of nitrogens with one attached hydrogen (secondary N) is 1. The lowest BCUT2D eigenvalue weighted by molar-refractivity contribution is -0.141. The summed E-state index contributed by atoms with van der Waals surface area (Å²) in [6.07, 6.45) is -3.69. The maximum Gasteiger partial charge on any atom is 0.433 e. The summed E-state index contributed by atoms with van der Waals surface area (Å²) >= 11 is 0. The minimum absolute atomic E-state index is 0.0131. The van der Waals surface area contributed by atoms with Gasteiger partial charge in [0.2, 0.25) is 5.95 Å². The lowest BCUT2D eigenvalue weighted by Gasteiger charge is -2.23. The third kappa shape index (κ3) is 4.25. The molecule has 0 spiro atoms. The van der Waals surface area contributed by atoms with E-state index in [1.165, 1.54) is 0 Å². The van der Waals surface area contributed by atoms with Crippen LogP contribution in [0.1, 0.15) is 32.9 Å². The first-order valence-electron chi connectivity index (χ1n) is 6.18. The molecular weight excluding hydrogens is 257 g/mol. The quantitative estimate of drug-likeness (QED) is 0.897. The summed E-state index contributed by atoms with van der Waals surface area (Å²) in [6.45, 7) is 6.22. The van der Waals surface area contributed by atoms with Crippen molar-refractivity contribution in [3.8, 4) is 0 Å². The highest BCUT2D eigenvalue weighted by Crippen LogP contribution is 2.30. The number of rotatable bonds is 5. The molecule has 0 saturated carbocycles. The molecule has 108 valence electrons. The first kappa shape index (κ1) is 15.5. The number of hydrogen-bond acceptors (Lipinski definition) is 4. The van der Waals surface area contributed by atoms with Crippen LogP contribution in [-0.2, 0) is 6.18 Å². The highest BCUT2D eigenvalue weighted by atomic mass is 19.4. The summed E-state index contributed by atoms with van der Waals surface area (Å²) in [5.41, 5.74) is -0.927. The van der Waals surface area contributed by atoms with Crippen molar-refractivity contribution in [1.82, 2.24) is 9.97 Å². The molecule has 1 rings (SSSR count). The van der Waals surface area contributed by atoms with E-state index in [1.807, 2.05) is 20.8 Å². The van der Waals surface area contributed by atoms with E-state index in [-0.39, 0.29) is 17.8 Å². The molecule has 0 aliphatic heterocycles. The van der Waals surface area contributed by atoms with Crippen LogP contribution in [0.4, 0.5) is 24.9 Å². The predicted octanol–water partition coefficient (Wildman–Crippen LogP) is 3.16. The number of aromatic nitrogens is 2. The highest BCUT2D eigenvalue weighted by molar-refractivity contribution is 5.45. The summed E-state index contributed by atoms with van der Waals surface area (Å²) in [4.78, 5) is 9.29. The topological polar surface area (TPSA) is 41.1 Å². The maximum atomic E-state index is 12.8. The SMILES string of the molecule is CCCNc1nc(N(C)C(C)C)cc(C(F)(F)F)n1. The van der Waals surface area contributed by atoms with Crippen LogP contribution >= 0.6 is 0 Å². The summed E-state index contributed by atoms with van der Waals surface area (Å²) in [5, 5.41) is 2.79. The molecule has 0 aliphatic carbocycles. The second kappa shape index (κ2) is 6.08. The van der Waals surface area contributed by atoms with Crippen LogP contribution in [0.15, 0.2) is 6.07 Å². The van der Waals surface area contributed by atoms with Crippen molar-refractivity contribution in [2.24, 2.45) is 0 Å². The van der Waals surface area contributed by atoms with Crippen molar-refractivity contribution in [2.45, 2.75) is 39.4 Å². The van der Waals surface area contributed by atoms with Gasteiger partial charge >= 0.3 is 6.18 Å². The van der Waals surface area contributed by atoms with Crippen molar-refractivity contribution < 1.29 is 13.2 Å². The molecule has 0 radical (unpaired) electrons. The van der Waals surface area contributed by atoms with Crippen LogP contribution < -0.4 is 10.2 Å². The molecule has 0 aliphatic rings. The third-order valence-corrected chi connectivity index (χ3v) is 2.67. The molecule has 0 saturated heterocycles. The van der Waals surface area contributed by atoms with E-state index in [2.05, 4.69) is 15.3 Å². The minimum atomic E-state index is -4.47. The van der Waals surface area contributed by atoms with Gasteiger partial charge in [0.05, 0.1) is 0 Å². The van der Waals surface area contributed by atoms with E-state index < -0.39 is 11.9 Å². The number of anilines is 2. The molecule has 1 N–H and O–H groups in total. The fraction of sp³-hybridized carbons (Fsp3) is 0.667. The van der Waals surface area contributed by atoms with Crippen LogP contribution in [0.25, 0.3) is 0 Å². The summed E-state index contributed by atoms with van der Waals surface area (Å²) in [6, 6.07) is 1.02. The Hall–Kier alpha value is -1.53. The van der Waals surface area contributed by atoms with E-state index in [0.717, 1.165) is 12.5 Å². The zero-order valence-corrected chi connectivity index (χ0v) is 11.5. The fourth-order valence-electron chi connectivity index (χ4n) is 1.34. The molecule has 0 fully saturated rings. The normalized spacial score (nSPS) is 11.8. The van der Waals surface area contributed by atoms with Crippen LogP contribution in [-0.4, -0.2) is 29.6 Å². The molecule has 0 bridgehead atoms. The Balaban J connectivity index is 3.16. The summed E-state index contributed by atoms with van der Waals surface area (Å²) in [7, 11) is 1.71. The Kier molecular flexibility index (Phi) is 4.97. The lowest BCUT2D eigenvalue weighted by Crippen LogP contribution is -2.27. The van der Waals surface area contributed by atoms with E-state index in [0.29, 0.717) is 6.54 Å². The molecule has 1 heterocycles. The highest BCUT2D eigenvalue weighted by Gasteiger charge is 2.34. The molecule has 1 aromatic rings. The van der Waals surface area contributed by atoms with Gasteiger partial charge in [-0.15, -0.1) is 0 Å². The second-order valence-corrected chi connectivity index (χ2v) is 4.56. The van der Waals surface area contributed by atoms with Crippen LogP contribution in [0, 0.1) is 0 Å². The molecule has 4 nitrogen and oxygen atoms in total. The molecule has 7 heteroatoms. The van der Waals surface area contributed by atoms with E-state index in [9.17, 15) is 13.2 Å². The first-order chi connectivity index (χ1) is 8.75. The zero-order valence-electron chi connectivity index (χ0n) is 11.5. The van der Waals surface area contributed by atoms with Crippen molar-refractivity contribution in [2.75, 3.05) is 23.8 Å². The largest absolute Gasteiger partial charge is 0.433 e. The standard InChI is InChI=1S/C12H19F3N4/c1-5-6-16-11-17-9(12(13,14)15)7-10(18-11)19(4)8(2)3/h7-8H,5-6H2,1-4H3,(H,16,17,18). The molecule has 0 unspecified atom stereocenters. The molecule has 1 aromatic heterocycles. The van der Waals surface area contributed by atoms with Crippen LogP contribution in [0.2, 0.25) is 0 Å². The Morgan fingerprint density at radius 3 is 2.42 bits per heavy atom. The fourth-order valence-corrected chi connectivity index (χ4v) is 1.34. The Bertz CT molecular complexity index is 418. The Morgan fingerprint density at radius 1 is 1.32 bits per heavy atom. The minimum Gasteiger partial charge on any atom is -0.357 e. The summed E-state index contributed by atoms with van der Waals surface area (Å²) < 4.78 is 38.4. The first-order valence-corrected chi connectivity index (χ1v) is 6.18. The number of halogens is 3. The maximum absolute atomic E-state index is 12.8. The Labute approximate surface area is 111 Å². The van der Waals surface area contributed by atoms with Crippen molar-refractivity contribution in [1.29, 1.82) is 0 Å². The Morgan fingerprint density at radius 2 is 1.95 bits per heavy atom. The van der Waals surface area contributed by atoms with Gasteiger partial charge in [-0.05, 0) is 20.3 Å². The molecule has 19 heavy (non-hydrogen) atoms. The van der Waals surface area contributed by atoms with Gasteiger partial charge in [0.1, 0.15) is 5.82 Å².